The van der Waals surface area contributed by atoms with Crippen molar-refractivity contribution in [3.05, 3.63) is 10.8 Å². The predicted octanol–water partition coefficient (Wildman–Crippen LogP) is 2.80. The fourth-order valence-corrected chi connectivity index (χ4v) is 2.90. The minimum absolute atomic E-state index is 0.215. The van der Waals surface area contributed by atoms with Gasteiger partial charge < -0.3 is 15.3 Å². The number of nitrogens with one attached hydrogen (secondary N) is 1. The number of nitrogens with zero attached hydrogens (tertiary/aromatic N) is 3. The summed E-state index contributed by atoms with van der Waals surface area (Å²) in [6.45, 7) is 4.08. The molecule has 1 saturated carbocycles. The fraction of sp³-hybridized carbons (Fsp3) is 0.714. The van der Waals surface area contributed by atoms with E-state index in [1.807, 2.05) is 0 Å². The zero-order valence-corrected chi connectivity index (χ0v) is 13.6. The Labute approximate surface area is 128 Å². The van der Waals surface area contributed by atoms with Crippen LogP contribution in [0.4, 0.5) is 11.6 Å². The number of rotatable bonds is 8. The van der Waals surface area contributed by atoms with E-state index in [1.165, 1.54) is 19.3 Å². The third kappa shape index (κ3) is 3.61. The van der Waals surface area contributed by atoms with E-state index in [0.717, 1.165) is 42.0 Å². The summed E-state index contributed by atoms with van der Waals surface area (Å²) in [5.41, 5.74) is 0. The van der Waals surface area contributed by atoms with E-state index in [1.54, 1.807) is 6.33 Å². The van der Waals surface area contributed by atoms with Gasteiger partial charge in [0, 0.05) is 25.7 Å². The van der Waals surface area contributed by atoms with Gasteiger partial charge in [0.05, 0.1) is 0 Å². The Hall–Kier alpha value is -0.880. The van der Waals surface area contributed by atoms with Crippen LogP contribution in [0, 0.1) is 0 Å². The van der Waals surface area contributed by atoms with Crippen LogP contribution in [-0.4, -0.2) is 40.8 Å². The van der Waals surface area contributed by atoms with Crippen LogP contribution in [0.25, 0.3) is 0 Å². The van der Waals surface area contributed by atoms with Gasteiger partial charge in [0.1, 0.15) is 22.4 Å². The third-order valence-corrected chi connectivity index (χ3v) is 4.39. The molecule has 0 aromatic carbocycles. The maximum atomic E-state index is 9.09. The molecule has 0 atom stereocenters. The molecule has 0 saturated heterocycles. The van der Waals surface area contributed by atoms with Crippen molar-refractivity contribution in [1.82, 2.24) is 9.97 Å². The van der Waals surface area contributed by atoms with Gasteiger partial charge >= 0.3 is 0 Å². The minimum Gasteiger partial charge on any atom is -0.396 e. The molecule has 0 spiro atoms. The molecule has 0 bridgehead atoms. The van der Waals surface area contributed by atoms with Gasteiger partial charge in [-0.1, -0.05) is 6.92 Å². The van der Waals surface area contributed by atoms with Crippen LogP contribution in [0.5, 0.6) is 0 Å². The minimum atomic E-state index is 0.215. The highest BCUT2D eigenvalue weighted by Gasteiger charge is 2.27. The number of anilines is 2. The van der Waals surface area contributed by atoms with Gasteiger partial charge in [-0.3, -0.25) is 0 Å². The van der Waals surface area contributed by atoms with Crippen LogP contribution < -0.4 is 10.2 Å². The first-order valence-electron chi connectivity index (χ1n) is 7.39. The van der Waals surface area contributed by atoms with Crippen molar-refractivity contribution in [2.45, 2.75) is 45.1 Å². The van der Waals surface area contributed by atoms with Crippen molar-refractivity contribution in [2.75, 3.05) is 29.9 Å². The summed E-state index contributed by atoms with van der Waals surface area (Å²) in [4.78, 5) is 11.1. The second-order valence-electron chi connectivity index (χ2n) is 5.14. The largest absolute Gasteiger partial charge is 0.396 e. The first kappa shape index (κ1) is 15.5. The Morgan fingerprint density at radius 1 is 1.45 bits per heavy atom. The molecule has 0 radical (unpaired) electrons. The molecule has 1 aromatic rings. The molecule has 1 aliphatic rings. The normalized spacial score (nSPS) is 14.9. The lowest BCUT2D eigenvalue weighted by atomic mass is 9.91. The highest BCUT2D eigenvalue weighted by molar-refractivity contribution is 9.10. The zero-order chi connectivity index (χ0) is 14.4. The Balaban J connectivity index is 2.18. The van der Waals surface area contributed by atoms with Crippen LogP contribution in [-0.2, 0) is 0 Å². The molecule has 0 aliphatic heterocycles. The molecule has 1 aromatic heterocycles. The quantitative estimate of drug-likeness (QED) is 0.760. The molecule has 1 fully saturated rings. The van der Waals surface area contributed by atoms with E-state index >= 15 is 0 Å². The van der Waals surface area contributed by atoms with E-state index in [4.69, 9.17) is 5.11 Å². The molecule has 0 amide bonds. The maximum absolute atomic E-state index is 9.09. The molecule has 20 heavy (non-hydrogen) atoms. The second-order valence-corrected chi connectivity index (χ2v) is 5.93. The summed E-state index contributed by atoms with van der Waals surface area (Å²) in [6, 6.07) is 0.548. The topological polar surface area (TPSA) is 61.3 Å². The van der Waals surface area contributed by atoms with Crippen LogP contribution >= 0.6 is 15.9 Å². The molecular weight excluding hydrogens is 320 g/mol. The van der Waals surface area contributed by atoms with Crippen molar-refractivity contribution in [3.8, 4) is 0 Å². The average molecular weight is 343 g/mol. The van der Waals surface area contributed by atoms with E-state index in [0.29, 0.717) is 6.04 Å². The molecule has 2 rings (SSSR count). The number of halogens is 1. The SMILES string of the molecule is CCCNc1ncnc(N(CCCO)C2CCC2)c1Br. The lowest BCUT2D eigenvalue weighted by Crippen LogP contribution is -2.42. The summed E-state index contributed by atoms with van der Waals surface area (Å²) in [5.74, 6) is 1.79. The third-order valence-electron chi connectivity index (χ3n) is 3.66. The van der Waals surface area contributed by atoms with Crippen molar-refractivity contribution >= 4 is 27.6 Å². The van der Waals surface area contributed by atoms with Crippen molar-refractivity contribution in [2.24, 2.45) is 0 Å². The number of aliphatic hydroxyl groups is 1. The van der Waals surface area contributed by atoms with Gasteiger partial charge in [0.2, 0.25) is 0 Å². The Kier molecular flexibility index (Phi) is 6.04. The molecule has 112 valence electrons. The number of hydrogen-bond acceptors (Lipinski definition) is 5. The summed E-state index contributed by atoms with van der Waals surface area (Å²) in [7, 11) is 0. The van der Waals surface area contributed by atoms with Crippen molar-refractivity contribution < 1.29 is 5.11 Å². The number of aliphatic hydroxyl groups excluding tert-OH is 1. The average Bonchev–Trinajstić information content (AvgIpc) is 2.40. The smallest absolute Gasteiger partial charge is 0.148 e. The standard InChI is InChI=1S/C14H23BrN4O/c1-2-7-16-13-12(15)14(18-10-17-13)19(8-4-9-20)11-5-3-6-11/h10-11,20H,2-9H2,1H3,(H,16,17,18). The van der Waals surface area contributed by atoms with Gasteiger partial charge in [-0.05, 0) is 48.0 Å². The van der Waals surface area contributed by atoms with Gasteiger partial charge in [0.15, 0.2) is 0 Å². The van der Waals surface area contributed by atoms with Gasteiger partial charge in [-0.15, -0.1) is 0 Å². The molecule has 5 nitrogen and oxygen atoms in total. The molecule has 1 heterocycles. The predicted molar refractivity (Wildman–Crippen MR) is 85.2 cm³/mol. The molecule has 6 heteroatoms. The first-order valence-corrected chi connectivity index (χ1v) is 8.19. The van der Waals surface area contributed by atoms with Gasteiger partial charge in [-0.2, -0.15) is 0 Å². The lowest BCUT2D eigenvalue weighted by molar-refractivity contribution is 0.282. The summed E-state index contributed by atoms with van der Waals surface area (Å²) in [6.07, 6.45) is 7.14. The molecule has 0 unspecified atom stereocenters. The molecule has 2 N–H and O–H groups in total. The van der Waals surface area contributed by atoms with Gasteiger partial charge in [0.25, 0.3) is 0 Å². The highest BCUT2D eigenvalue weighted by Crippen LogP contribution is 2.35. The Morgan fingerprint density at radius 3 is 2.85 bits per heavy atom. The first-order chi connectivity index (χ1) is 9.77. The van der Waals surface area contributed by atoms with E-state index in [-0.39, 0.29) is 6.61 Å². The van der Waals surface area contributed by atoms with Crippen LogP contribution in [0.1, 0.15) is 39.0 Å². The zero-order valence-electron chi connectivity index (χ0n) is 12.0. The van der Waals surface area contributed by atoms with Crippen molar-refractivity contribution in [1.29, 1.82) is 0 Å². The summed E-state index contributed by atoms with van der Waals surface area (Å²) < 4.78 is 0.929. The van der Waals surface area contributed by atoms with Crippen LogP contribution in [0.15, 0.2) is 10.8 Å². The van der Waals surface area contributed by atoms with E-state index in [2.05, 4.69) is 43.0 Å². The molecule has 1 aliphatic carbocycles. The number of aromatic nitrogens is 2. The fourth-order valence-electron chi connectivity index (χ4n) is 2.33. The second kappa shape index (κ2) is 7.78. The van der Waals surface area contributed by atoms with Gasteiger partial charge in [-0.25, -0.2) is 9.97 Å². The highest BCUT2D eigenvalue weighted by atomic mass is 79.9. The Morgan fingerprint density at radius 2 is 2.25 bits per heavy atom. The monoisotopic (exact) mass is 342 g/mol. The van der Waals surface area contributed by atoms with Crippen LogP contribution in [0.3, 0.4) is 0 Å². The van der Waals surface area contributed by atoms with Crippen LogP contribution in [0.2, 0.25) is 0 Å². The van der Waals surface area contributed by atoms with Crippen molar-refractivity contribution in [3.63, 3.8) is 0 Å². The molecular formula is C14H23BrN4O. The lowest BCUT2D eigenvalue weighted by Gasteiger charge is -2.39. The van der Waals surface area contributed by atoms with E-state index in [9.17, 15) is 0 Å². The Bertz CT molecular complexity index is 426. The maximum Gasteiger partial charge on any atom is 0.148 e. The van der Waals surface area contributed by atoms with E-state index < -0.39 is 0 Å². The summed E-state index contributed by atoms with van der Waals surface area (Å²) >= 11 is 3.63. The number of hydrogen-bond donors (Lipinski definition) is 2. The summed E-state index contributed by atoms with van der Waals surface area (Å²) in [5, 5.41) is 12.4.